The van der Waals surface area contributed by atoms with Crippen LogP contribution in [0.25, 0.3) is 0 Å². The molecule has 0 aliphatic heterocycles. The van der Waals surface area contributed by atoms with Crippen molar-refractivity contribution >= 4 is 23.5 Å². The van der Waals surface area contributed by atoms with Crippen molar-refractivity contribution in [3.63, 3.8) is 0 Å². The Morgan fingerprint density at radius 3 is 0.879 bits per heavy atom. The zero-order valence-corrected chi connectivity index (χ0v) is 24.4. The van der Waals surface area contributed by atoms with Gasteiger partial charge in [-0.25, -0.2) is 0 Å². The van der Waals surface area contributed by atoms with Gasteiger partial charge in [-0.3, -0.25) is 0 Å². The van der Waals surface area contributed by atoms with Crippen LogP contribution >= 0.6 is 23.5 Å². The Bertz CT molecular complexity index is 843. The molecule has 0 aliphatic carbocycles. The van der Waals surface area contributed by atoms with Crippen LogP contribution in [-0.4, -0.2) is 15.3 Å². The highest BCUT2D eigenvalue weighted by molar-refractivity contribution is 8.16. The highest BCUT2D eigenvalue weighted by Crippen LogP contribution is 2.44. The lowest BCUT2D eigenvalue weighted by atomic mass is 9.79. The van der Waals surface area contributed by atoms with Crippen molar-refractivity contribution in [2.24, 2.45) is 0 Å². The molecule has 0 saturated heterocycles. The second-order valence-electron chi connectivity index (χ2n) is 13.1. The molecule has 2 aromatic rings. The molecule has 0 aromatic heterocycles. The molecule has 4 heteroatoms. The van der Waals surface area contributed by atoms with E-state index in [1.807, 2.05) is 0 Å². The van der Waals surface area contributed by atoms with Crippen LogP contribution in [-0.2, 0) is 21.7 Å². The average Bonchev–Trinajstić information content (AvgIpc) is 2.60. The molecule has 33 heavy (non-hydrogen) atoms. The third-order valence-electron chi connectivity index (χ3n) is 5.85. The molecule has 0 saturated carbocycles. The fraction of sp³-hybridized carbons (Fsp3) is 0.586. The Morgan fingerprint density at radius 1 is 0.485 bits per heavy atom. The summed E-state index contributed by atoms with van der Waals surface area (Å²) in [4.78, 5) is 2.36. The van der Waals surface area contributed by atoms with E-state index in [9.17, 15) is 10.2 Å². The summed E-state index contributed by atoms with van der Waals surface area (Å²) in [6.45, 7) is 25.8. The number of aromatic hydroxyl groups is 2. The Labute approximate surface area is 211 Å². The quantitative estimate of drug-likeness (QED) is 0.332. The van der Waals surface area contributed by atoms with Crippen LogP contribution in [0.15, 0.2) is 34.1 Å². The highest BCUT2D eigenvalue weighted by atomic mass is 32.2. The van der Waals surface area contributed by atoms with Gasteiger partial charge in [-0.1, -0.05) is 83.1 Å². The standard InChI is InChI=1S/C29H44O2S2/c1-26(2,3)20-13-18(14-21(24(20)30)27(4,5)6)32-17-33-19-15-22(28(7,8)9)25(31)23(16-19)29(10,11)12/h13-16,30-31H,17H2,1-12H3. The van der Waals surface area contributed by atoms with Crippen molar-refractivity contribution in [3.05, 3.63) is 46.5 Å². The lowest BCUT2D eigenvalue weighted by Gasteiger charge is -2.28. The largest absolute Gasteiger partial charge is 0.507 e. The van der Waals surface area contributed by atoms with Crippen LogP contribution in [0.5, 0.6) is 11.5 Å². The first-order valence-corrected chi connectivity index (χ1v) is 13.7. The van der Waals surface area contributed by atoms with Gasteiger partial charge in [0.15, 0.2) is 0 Å². The predicted octanol–water partition coefficient (Wildman–Crippen LogP) is 9.13. The highest BCUT2D eigenvalue weighted by Gasteiger charge is 2.28. The van der Waals surface area contributed by atoms with Crippen molar-refractivity contribution in [1.82, 2.24) is 0 Å². The van der Waals surface area contributed by atoms with Crippen molar-refractivity contribution < 1.29 is 10.2 Å². The number of thioether (sulfide) groups is 2. The molecule has 2 rings (SSSR count). The van der Waals surface area contributed by atoms with Gasteiger partial charge in [0.25, 0.3) is 0 Å². The van der Waals surface area contributed by atoms with Gasteiger partial charge >= 0.3 is 0 Å². The molecule has 2 nitrogen and oxygen atoms in total. The van der Waals surface area contributed by atoms with Gasteiger partial charge in [-0.15, -0.1) is 23.5 Å². The minimum absolute atomic E-state index is 0.131. The number of hydrogen-bond acceptors (Lipinski definition) is 4. The Kier molecular flexibility index (Phi) is 7.98. The zero-order chi connectivity index (χ0) is 25.6. The topological polar surface area (TPSA) is 40.5 Å². The van der Waals surface area contributed by atoms with E-state index in [2.05, 4.69) is 107 Å². The maximum atomic E-state index is 11.0. The molecule has 0 atom stereocenters. The Hall–Kier alpha value is -1.26. The minimum Gasteiger partial charge on any atom is -0.507 e. The summed E-state index contributed by atoms with van der Waals surface area (Å²) in [5, 5.41) is 22.8. The summed E-state index contributed by atoms with van der Waals surface area (Å²) in [6.07, 6.45) is 0. The van der Waals surface area contributed by atoms with E-state index in [1.54, 1.807) is 23.5 Å². The van der Waals surface area contributed by atoms with Crippen LogP contribution in [0, 0.1) is 0 Å². The molecule has 0 amide bonds. The van der Waals surface area contributed by atoms with E-state index < -0.39 is 0 Å². The predicted molar refractivity (Wildman–Crippen MR) is 148 cm³/mol. The van der Waals surface area contributed by atoms with E-state index in [4.69, 9.17) is 0 Å². The molecular weight excluding hydrogens is 444 g/mol. The monoisotopic (exact) mass is 488 g/mol. The molecule has 0 spiro atoms. The van der Waals surface area contributed by atoms with Gasteiger partial charge in [0, 0.05) is 37.1 Å². The van der Waals surface area contributed by atoms with Gasteiger partial charge in [0.1, 0.15) is 11.5 Å². The molecule has 2 aromatic carbocycles. The number of rotatable bonds is 4. The first kappa shape index (κ1) is 28.0. The molecule has 0 radical (unpaired) electrons. The number of hydrogen-bond donors (Lipinski definition) is 2. The number of benzene rings is 2. The van der Waals surface area contributed by atoms with Crippen molar-refractivity contribution in [2.45, 2.75) is 115 Å². The summed E-state index contributed by atoms with van der Waals surface area (Å²) in [5.74, 6) is 0.852. The van der Waals surface area contributed by atoms with Gasteiger partial charge in [0.05, 0.1) is 0 Å². The summed E-state index contributed by atoms with van der Waals surface area (Å²) in [6, 6.07) is 8.59. The van der Waals surface area contributed by atoms with Crippen LogP contribution in [0.3, 0.4) is 0 Å². The van der Waals surface area contributed by atoms with E-state index in [-0.39, 0.29) is 21.7 Å². The van der Waals surface area contributed by atoms with Gasteiger partial charge in [-0.05, 0) is 45.9 Å². The molecule has 2 N–H and O–H groups in total. The van der Waals surface area contributed by atoms with Crippen LogP contribution < -0.4 is 0 Å². The lowest BCUT2D eigenvalue weighted by Crippen LogP contribution is -2.17. The second kappa shape index (κ2) is 9.41. The summed E-state index contributed by atoms with van der Waals surface area (Å²) < 4.78 is 0. The van der Waals surface area contributed by atoms with Crippen LogP contribution in [0.1, 0.15) is 105 Å². The molecular formula is C29H44O2S2. The normalized spacial score (nSPS) is 13.5. The Morgan fingerprint density at radius 2 is 0.697 bits per heavy atom. The Balaban J connectivity index is 2.39. The fourth-order valence-corrected chi connectivity index (χ4v) is 5.96. The van der Waals surface area contributed by atoms with E-state index in [1.165, 1.54) is 9.79 Å². The zero-order valence-electron chi connectivity index (χ0n) is 22.7. The lowest BCUT2D eigenvalue weighted by molar-refractivity contribution is 0.421. The number of phenolic OH excluding ortho intramolecular Hbond substituents is 2. The molecule has 184 valence electrons. The molecule has 0 heterocycles. The molecule has 0 fully saturated rings. The van der Waals surface area contributed by atoms with Gasteiger partial charge in [-0.2, -0.15) is 0 Å². The first-order valence-electron chi connectivity index (χ1n) is 11.7. The first-order chi connectivity index (χ1) is 14.7. The molecule has 0 bridgehead atoms. The maximum absolute atomic E-state index is 11.0. The van der Waals surface area contributed by atoms with E-state index >= 15 is 0 Å². The number of phenols is 2. The maximum Gasteiger partial charge on any atom is 0.123 e. The fourth-order valence-electron chi connectivity index (χ4n) is 3.84. The third-order valence-corrected chi connectivity index (χ3v) is 7.93. The summed E-state index contributed by atoms with van der Waals surface area (Å²) in [7, 11) is 0. The van der Waals surface area contributed by atoms with Gasteiger partial charge in [0.2, 0.25) is 0 Å². The van der Waals surface area contributed by atoms with E-state index in [0.29, 0.717) is 11.5 Å². The summed E-state index contributed by atoms with van der Waals surface area (Å²) >= 11 is 3.61. The van der Waals surface area contributed by atoms with E-state index in [0.717, 1.165) is 27.3 Å². The van der Waals surface area contributed by atoms with Crippen LogP contribution in [0.2, 0.25) is 0 Å². The SMILES string of the molecule is CC(C)(C)c1cc(SCSc2cc(C(C)(C)C)c(O)c(C(C)(C)C)c2)cc(C(C)(C)C)c1O. The second-order valence-corrected chi connectivity index (χ2v) is 15.6. The summed E-state index contributed by atoms with van der Waals surface area (Å²) in [5.41, 5.74) is 3.47. The minimum atomic E-state index is -0.131. The smallest absolute Gasteiger partial charge is 0.123 e. The van der Waals surface area contributed by atoms with Crippen LogP contribution in [0.4, 0.5) is 0 Å². The molecule has 0 aliphatic rings. The van der Waals surface area contributed by atoms with Crippen molar-refractivity contribution in [2.75, 3.05) is 5.08 Å². The van der Waals surface area contributed by atoms with Gasteiger partial charge < -0.3 is 10.2 Å². The van der Waals surface area contributed by atoms with Crippen molar-refractivity contribution in [3.8, 4) is 11.5 Å². The average molecular weight is 489 g/mol. The third kappa shape index (κ3) is 6.88. The van der Waals surface area contributed by atoms with Crippen molar-refractivity contribution in [1.29, 1.82) is 0 Å². The molecule has 0 unspecified atom stereocenters.